The fourth-order valence-electron chi connectivity index (χ4n) is 4.72. The number of hydrogen-bond donors (Lipinski definition) is 1. The molecule has 8 heteroatoms. The van der Waals surface area contributed by atoms with Crippen molar-refractivity contribution in [2.45, 2.75) is 59.7 Å². The number of hydrogen-bond acceptors (Lipinski definition) is 4. The summed E-state index contributed by atoms with van der Waals surface area (Å²) in [5.74, 6) is -0.739. The van der Waals surface area contributed by atoms with Gasteiger partial charge in [0.25, 0.3) is 0 Å². The van der Waals surface area contributed by atoms with Crippen LogP contribution in [-0.2, 0) is 32.6 Å². The Morgan fingerprint density at radius 3 is 2.00 bits per heavy atom. The summed E-state index contributed by atoms with van der Waals surface area (Å²) in [6.45, 7) is 9.10. The maximum absolute atomic E-state index is 14.1. The molecule has 208 valence electrons. The highest BCUT2D eigenvalue weighted by Gasteiger charge is 2.33. The number of aryl methyl sites for hydroxylation is 3. The Bertz CT molecular complexity index is 1380. The molecule has 0 aliphatic heterocycles. The van der Waals surface area contributed by atoms with Crippen LogP contribution in [0.4, 0.5) is 5.69 Å². The van der Waals surface area contributed by atoms with Crippen molar-refractivity contribution in [1.29, 1.82) is 0 Å². The van der Waals surface area contributed by atoms with Crippen LogP contribution in [0.5, 0.6) is 0 Å². The van der Waals surface area contributed by atoms with Gasteiger partial charge < -0.3 is 10.2 Å². The first-order valence-electron chi connectivity index (χ1n) is 13.1. The van der Waals surface area contributed by atoms with Crippen LogP contribution in [0.25, 0.3) is 0 Å². The quantitative estimate of drug-likeness (QED) is 0.380. The largest absolute Gasteiger partial charge is 0.352 e. The van der Waals surface area contributed by atoms with Gasteiger partial charge in [0.1, 0.15) is 12.6 Å². The average molecular weight is 550 g/mol. The molecule has 1 atom stereocenters. The van der Waals surface area contributed by atoms with Gasteiger partial charge in [-0.2, -0.15) is 0 Å². The molecule has 0 saturated carbocycles. The van der Waals surface area contributed by atoms with E-state index in [2.05, 4.69) is 5.32 Å². The van der Waals surface area contributed by atoms with E-state index in [1.165, 1.54) is 4.90 Å². The van der Waals surface area contributed by atoms with Gasteiger partial charge in [0.05, 0.1) is 11.9 Å². The maximum Gasteiger partial charge on any atom is 0.244 e. The van der Waals surface area contributed by atoms with Crippen LogP contribution in [0.2, 0.25) is 0 Å². The van der Waals surface area contributed by atoms with Gasteiger partial charge in [-0.3, -0.25) is 13.9 Å². The molecule has 0 radical (unpaired) electrons. The molecule has 1 unspecified atom stereocenters. The van der Waals surface area contributed by atoms with E-state index in [1.807, 2.05) is 107 Å². The Hall–Kier alpha value is -3.65. The Balaban J connectivity index is 2.09. The number of sulfonamides is 1. The number of para-hydroxylation sites is 1. The second-order valence-corrected chi connectivity index (χ2v) is 12.3. The molecule has 2 amide bonds. The first-order valence-corrected chi connectivity index (χ1v) is 14.9. The van der Waals surface area contributed by atoms with E-state index in [4.69, 9.17) is 0 Å². The van der Waals surface area contributed by atoms with Crippen molar-refractivity contribution in [2.75, 3.05) is 17.1 Å². The van der Waals surface area contributed by atoms with Crippen LogP contribution in [0.3, 0.4) is 0 Å². The summed E-state index contributed by atoms with van der Waals surface area (Å²) in [7, 11) is -3.81. The van der Waals surface area contributed by atoms with Gasteiger partial charge in [-0.1, -0.05) is 78.4 Å². The Morgan fingerprint density at radius 1 is 0.846 bits per heavy atom. The zero-order chi connectivity index (χ0) is 28.7. The number of anilines is 1. The molecule has 0 bridgehead atoms. The summed E-state index contributed by atoms with van der Waals surface area (Å²) < 4.78 is 27.2. The molecule has 0 aromatic heterocycles. The number of carbonyl (C=O) groups excluding carboxylic acids is 2. The molecule has 1 N–H and O–H groups in total. The molecular formula is C31H39N3O4S. The monoisotopic (exact) mass is 549 g/mol. The van der Waals surface area contributed by atoms with Crippen LogP contribution in [-0.4, -0.2) is 50.0 Å². The first-order chi connectivity index (χ1) is 18.4. The molecule has 0 fully saturated rings. The van der Waals surface area contributed by atoms with E-state index >= 15 is 0 Å². The smallest absolute Gasteiger partial charge is 0.244 e. The number of nitrogens with zero attached hydrogens (tertiary/aromatic N) is 2. The highest BCUT2D eigenvalue weighted by atomic mass is 32.2. The topological polar surface area (TPSA) is 86.8 Å². The van der Waals surface area contributed by atoms with Crippen molar-refractivity contribution in [2.24, 2.45) is 0 Å². The van der Waals surface area contributed by atoms with Crippen molar-refractivity contribution in [3.8, 4) is 0 Å². The fraction of sp³-hybridized carbons (Fsp3) is 0.355. The van der Waals surface area contributed by atoms with Crippen molar-refractivity contribution >= 4 is 27.5 Å². The third-order valence-electron chi connectivity index (χ3n) is 6.51. The zero-order valence-corrected chi connectivity index (χ0v) is 24.5. The minimum absolute atomic E-state index is 0.131. The fourth-order valence-corrected chi connectivity index (χ4v) is 5.68. The van der Waals surface area contributed by atoms with E-state index in [0.717, 1.165) is 38.4 Å². The molecule has 7 nitrogen and oxygen atoms in total. The van der Waals surface area contributed by atoms with Crippen LogP contribution in [0.1, 0.15) is 41.7 Å². The lowest BCUT2D eigenvalue weighted by Crippen LogP contribution is -2.54. The van der Waals surface area contributed by atoms with Gasteiger partial charge in [-0.05, 0) is 56.9 Å². The molecule has 0 spiro atoms. The van der Waals surface area contributed by atoms with Crippen LogP contribution in [0, 0.1) is 20.8 Å². The number of carbonyl (C=O) groups is 2. The molecule has 3 aromatic rings. The lowest BCUT2D eigenvalue weighted by Gasteiger charge is -2.34. The van der Waals surface area contributed by atoms with Gasteiger partial charge in [0.2, 0.25) is 21.8 Å². The highest BCUT2D eigenvalue weighted by Crippen LogP contribution is 2.27. The third kappa shape index (κ3) is 8.17. The molecule has 3 rings (SSSR count). The Labute approximate surface area is 232 Å². The summed E-state index contributed by atoms with van der Waals surface area (Å²) in [5, 5.41) is 2.96. The summed E-state index contributed by atoms with van der Waals surface area (Å²) in [6.07, 6.45) is 1.39. The Kier molecular flexibility index (Phi) is 9.92. The van der Waals surface area contributed by atoms with Crippen molar-refractivity contribution in [3.63, 3.8) is 0 Å². The summed E-state index contributed by atoms with van der Waals surface area (Å²) >= 11 is 0. The second-order valence-electron chi connectivity index (χ2n) is 10.4. The Morgan fingerprint density at radius 2 is 1.44 bits per heavy atom. The first kappa shape index (κ1) is 29.9. The normalized spacial score (nSPS) is 12.2. The maximum atomic E-state index is 14.1. The predicted molar refractivity (Wildman–Crippen MR) is 157 cm³/mol. The molecule has 3 aromatic carbocycles. The van der Waals surface area contributed by atoms with Crippen LogP contribution in [0.15, 0.2) is 72.8 Å². The van der Waals surface area contributed by atoms with Crippen molar-refractivity contribution in [3.05, 3.63) is 101 Å². The van der Waals surface area contributed by atoms with Crippen molar-refractivity contribution < 1.29 is 18.0 Å². The standard InChI is InChI=1S/C31H39N3O4S/c1-22(2)32-31(36)28(19-26-15-8-7-9-16-26)33(20-27-17-10-12-23(3)18-27)29(35)21-34(39(6,37)38)30-24(4)13-11-14-25(30)5/h7-18,22,28H,19-21H2,1-6H3,(H,32,36). The van der Waals surface area contributed by atoms with Gasteiger partial charge in [0, 0.05) is 19.0 Å². The second kappa shape index (κ2) is 12.9. The summed E-state index contributed by atoms with van der Waals surface area (Å²) in [5.41, 5.74) is 4.76. The molecule has 0 saturated heterocycles. The minimum atomic E-state index is -3.81. The SMILES string of the molecule is Cc1cccc(CN(C(=O)CN(c2c(C)cccc2C)S(C)(=O)=O)C(Cc2ccccc2)C(=O)NC(C)C)c1. The van der Waals surface area contributed by atoms with E-state index in [-0.39, 0.29) is 18.5 Å². The minimum Gasteiger partial charge on any atom is -0.352 e. The van der Waals surface area contributed by atoms with Crippen LogP contribution >= 0.6 is 0 Å². The van der Waals surface area contributed by atoms with Gasteiger partial charge in [-0.25, -0.2) is 8.42 Å². The number of amides is 2. The summed E-state index contributed by atoms with van der Waals surface area (Å²) in [4.78, 5) is 29.3. The number of nitrogens with one attached hydrogen (secondary N) is 1. The van der Waals surface area contributed by atoms with E-state index in [1.54, 1.807) is 0 Å². The molecule has 0 aliphatic carbocycles. The number of benzene rings is 3. The van der Waals surface area contributed by atoms with E-state index < -0.39 is 28.5 Å². The van der Waals surface area contributed by atoms with E-state index in [9.17, 15) is 18.0 Å². The summed E-state index contributed by atoms with van der Waals surface area (Å²) in [6, 6.07) is 21.8. The molecule has 0 aliphatic rings. The number of rotatable bonds is 11. The van der Waals surface area contributed by atoms with Gasteiger partial charge in [0.15, 0.2) is 0 Å². The molecule has 0 heterocycles. The molecule has 39 heavy (non-hydrogen) atoms. The lowest BCUT2D eigenvalue weighted by atomic mass is 10.0. The lowest BCUT2D eigenvalue weighted by molar-refractivity contribution is -0.140. The highest BCUT2D eigenvalue weighted by molar-refractivity contribution is 7.92. The third-order valence-corrected chi connectivity index (χ3v) is 7.62. The van der Waals surface area contributed by atoms with Crippen molar-refractivity contribution in [1.82, 2.24) is 10.2 Å². The average Bonchev–Trinajstić information content (AvgIpc) is 2.85. The van der Waals surface area contributed by atoms with Gasteiger partial charge in [-0.15, -0.1) is 0 Å². The zero-order valence-electron chi connectivity index (χ0n) is 23.6. The molecular weight excluding hydrogens is 510 g/mol. The predicted octanol–water partition coefficient (Wildman–Crippen LogP) is 4.54. The van der Waals surface area contributed by atoms with Crippen LogP contribution < -0.4 is 9.62 Å². The van der Waals surface area contributed by atoms with Gasteiger partial charge >= 0.3 is 0 Å². The van der Waals surface area contributed by atoms with E-state index in [0.29, 0.717) is 12.1 Å².